The van der Waals surface area contributed by atoms with Crippen LogP contribution in [0.4, 0.5) is 5.00 Å². The third kappa shape index (κ3) is 3.78. The van der Waals surface area contributed by atoms with Gasteiger partial charge in [0.05, 0.1) is 4.92 Å². The normalized spacial score (nSPS) is 12.4. The number of esters is 1. The van der Waals surface area contributed by atoms with Gasteiger partial charge in [-0.25, -0.2) is 4.79 Å². The van der Waals surface area contributed by atoms with E-state index in [1.54, 1.807) is 6.92 Å². The van der Waals surface area contributed by atoms with Gasteiger partial charge in [-0.2, -0.15) is 0 Å². The molecule has 1 aromatic rings. The highest BCUT2D eigenvalue weighted by molar-refractivity contribution is 7.17. The molecule has 6 nitrogen and oxygen atoms in total. The molecule has 0 saturated heterocycles. The van der Waals surface area contributed by atoms with Crippen LogP contribution in [0.3, 0.4) is 0 Å². The zero-order valence-corrected chi connectivity index (χ0v) is 11.2. The van der Waals surface area contributed by atoms with Crippen molar-refractivity contribution in [2.45, 2.75) is 27.1 Å². The second kappa shape index (κ2) is 6.46. The lowest BCUT2D eigenvalue weighted by Gasteiger charge is -2.20. The molecule has 0 aliphatic carbocycles. The van der Waals surface area contributed by atoms with Crippen LogP contribution in [-0.2, 0) is 9.47 Å². The van der Waals surface area contributed by atoms with Gasteiger partial charge in [0, 0.05) is 18.6 Å². The Morgan fingerprint density at radius 2 is 2.17 bits per heavy atom. The van der Waals surface area contributed by atoms with Crippen molar-refractivity contribution < 1.29 is 19.2 Å². The van der Waals surface area contributed by atoms with Gasteiger partial charge in [-0.15, -0.1) is 0 Å². The number of carbonyl (C=O) groups excluding carboxylic acids is 1. The molecule has 0 spiro atoms. The molecule has 0 fully saturated rings. The monoisotopic (exact) mass is 273 g/mol. The minimum Gasteiger partial charge on any atom is -0.431 e. The van der Waals surface area contributed by atoms with Crippen LogP contribution >= 0.6 is 11.3 Å². The highest BCUT2D eigenvalue weighted by Gasteiger charge is 2.22. The van der Waals surface area contributed by atoms with Gasteiger partial charge in [-0.3, -0.25) is 10.1 Å². The molecule has 100 valence electrons. The number of rotatable bonds is 6. The zero-order valence-electron chi connectivity index (χ0n) is 10.4. The molecule has 7 heteroatoms. The summed E-state index contributed by atoms with van der Waals surface area (Å²) in [5, 5.41) is 10.4. The number of carbonyl (C=O) groups is 1. The molecular weight excluding hydrogens is 258 g/mol. The van der Waals surface area contributed by atoms with E-state index in [2.05, 4.69) is 0 Å². The molecule has 0 aliphatic heterocycles. The van der Waals surface area contributed by atoms with Crippen molar-refractivity contribution in [2.75, 3.05) is 6.61 Å². The van der Waals surface area contributed by atoms with E-state index in [1.807, 2.05) is 13.8 Å². The summed E-state index contributed by atoms with van der Waals surface area (Å²) in [5.74, 6) is -0.580. The van der Waals surface area contributed by atoms with Gasteiger partial charge in [-0.05, 0) is 13.0 Å². The minimum atomic E-state index is -0.636. The van der Waals surface area contributed by atoms with Gasteiger partial charge in [-0.1, -0.05) is 25.2 Å². The van der Waals surface area contributed by atoms with E-state index in [0.717, 1.165) is 11.3 Å². The third-order valence-electron chi connectivity index (χ3n) is 2.07. The lowest BCUT2D eigenvalue weighted by molar-refractivity contribution is -0.380. The second-order valence-corrected chi connectivity index (χ2v) is 4.93. The maximum atomic E-state index is 11.8. The number of hydrogen-bond donors (Lipinski definition) is 0. The highest BCUT2D eigenvalue weighted by Crippen LogP contribution is 2.25. The van der Waals surface area contributed by atoms with Crippen molar-refractivity contribution in [1.29, 1.82) is 0 Å². The molecular formula is C11H15NO5S. The van der Waals surface area contributed by atoms with Crippen molar-refractivity contribution in [1.82, 2.24) is 0 Å². The van der Waals surface area contributed by atoms with Crippen molar-refractivity contribution in [2.24, 2.45) is 5.92 Å². The molecule has 0 radical (unpaired) electrons. The Labute approximate surface area is 109 Å². The van der Waals surface area contributed by atoms with Crippen molar-refractivity contribution in [3.63, 3.8) is 0 Å². The Hall–Kier alpha value is -1.47. The van der Waals surface area contributed by atoms with Crippen LogP contribution in [-0.4, -0.2) is 23.8 Å². The smallest absolute Gasteiger partial charge is 0.350 e. The third-order valence-corrected chi connectivity index (χ3v) is 3.09. The lowest BCUT2D eigenvalue weighted by atomic mass is 10.2. The molecule has 1 rings (SSSR count). The summed E-state index contributed by atoms with van der Waals surface area (Å²) in [6.45, 7) is 5.97. The molecule has 0 aliphatic rings. The summed E-state index contributed by atoms with van der Waals surface area (Å²) in [6.07, 6.45) is -0.636. The standard InChI is InChI=1S/C11H15NO5S/c1-4-16-11(7(2)3)17-10(13)8-5-6-9(18-8)12(14)15/h5-7,11H,4H2,1-3H3. The average molecular weight is 273 g/mol. The minimum absolute atomic E-state index is 0.0175. The SMILES string of the molecule is CCOC(OC(=O)c1ccc([N+](=O)[O-])s1)C(C)C. The predicted molar refractivity (Wildman–Crippen MR) is 66.6 cm³/mol. The first-order valence-electron chi connectivity index (χ1n) is 5.52. The Morgan fingerprint density at radius 3 is 2.61 bits per heavy atom. The number of nitrogens with zero attached hydrogens (tertiary/aromatic N) is 1. The van der Waals surface area contributed by atoms with Crippen LogP contribution in [0.1, 0.15) is 30.4 Å². The maximum absolute atomic E-state index is 11.8. The Balaban J connectivity index is 2.71. The first-order chi connectivity index (χ1) is 8.45. The van der Waals surface area contributed by atoms with Crippen molar-refractivity contribution in [3.8, 4) is 0 Å². The number of nitro groups is 1. The van der Waals surface area contributed by atoms with Gasteiger partial charge in [0.25, 0.3) is 0 Å². The molecule has 1 heterocycles. The van der Waals surface area contributed by atoms with E-state index < -0.39 is 17.2 Å². The van der Waals surface area contributed by atoms with Gasteiger partial charge in [0.2, 0.25) is 6.29 Å². The summed E-state index contributed by atoms with van der Waals surface area (Å²) in [7, 11) is 0. The highest BCUT2D eigenvalue weighted by atomic mass is 32.1. The van der Waals surface area contributed by atoms with Crippen LogP contribution in [0.25, 0.3) is 0 Å². The van der Waals surface area contributed by atoms with E-state index in [1.165, 1.54) is 12.1 Å². The Kier molecular flexibility index (Phi) is 5.24. The fourth-order valence-electron chi connectivity index (χ4n) is 1.23. The van der Waals surface area contributed by atoms with E-state index in [9.17, 15) is 14.9 Å². The summed E-state index contributed by atoms with van der Waals surface area (Å²) < 4.78 is 10.4. The fourth-order valence-corrected chi connectivity index (χ4v) is 1.93. The van der Waals surface area contributed by atoms with Gasteiger partial charge < -0.3 is 9.47 Å². The van der Waals surface area contributed by atoms with Crippen molar-refractivity contribution >= 4 is 22.3 Å². The van der Waals surface area contributed by atoms with Crippen LogP contribution in [0.5, 0.6) is 0 Å². The topological polar surface area (TPSA) is 78.7 Å². The van der Waals surface area contributed by atoms with Gasteiger partial charge in [0.1, 0.15) is 4.88 Å². The zero-order chi connectivity index (χ0) is 13.7. The number of ether oxygens (including phenoxy) is 2. The molecule has 0 aromatic carbocycles. The first kappa shape index (κ1) is 14.6. The van der Waals surface area contributed by atoms with Gasteiger partial charge in [0.15, 0.2) is 0 Å². The number of hydrogen-bond acceptors (Lipinski definition) is 6. The van der Waals surface area contributed by atoms with Gasteiger partial charge >= 0.3 is 11.0 Å². The quantitative estimate of drug-likeness (QED) is 0.344. The van der Waals surface area contributed by atoms with Crippen LogP contribution in [0, 0.1) is 16.0 Å². The molecule has 0 N–H and O–H groups in total. The second-order valence-electron chi connectivity index (χ2n) is 3.87. The van der Waals surface area contributed by atoms with Crippen LogP contribution < -0.4 is 0 Å². The molecule has 1 unspecified atom stereocenters. The Morgan fingerprint density at radius 1 is 1.50 bits per heavy atom. The molecule has 0 amide bonds. The summed E-state index contributed by atoms with van der Waals surface area (Å²) in [5.41, 5.74) is 0. The first-order valence-corrected chi connectivity index (χ1v) is 6.34. The maximum Gasteiger partial charge on any atom is 0.350 e. The summed E-state index contributed by atoms with van der Waals surface area (Å²) in [4.78, 5) is 21.9. The molecule has 18 heavy (non-hydrogen) atoms. The van der Waals surface area contributed by atoms with E-state index >= 15 is 0 Å². The van der Waals surface area contributed by atoms with Crippen molar-refractivity contribution in [3.05, 3.63) is 27.1 Å². The number of thiophene rings is 1. The van der Waals surface area contributed by atoms with E-state index in [4.69, 9.17) is 9.47 Å². The Bertz CT molecular complexity index is 429. The average Bonchev–Trinajstić information content (AvgIpc) is 2.77. The molecule has 0 saturated carbocycles. The fraction of sp³-hybridized carbons (Fsp3) is 0.545. The molecule has 0 bridgehead atoms. The molecule has 1 aromatic heterocycles. The summed E-state index contributed by atoms with van der Waals surface area (Å²) in [6, 6.07) is 2.67. The lowest BCUT2D eigenvalue weighted by Crippen LogP contribution is -2.26. The predicted octanol–water partition coefficient (Wildman–Crippen LogP) is 2.83. The molecule has 1 atom stereocenters. The summed E-state index contributed by atoms with van der Waals surface area (Å²) >= 11 is 0.792. The van der Waals surface area contributed by atoms with Crippen LogP contribution in [0.15, 0.2) is 12.1 Å². The largest absolute Gasteiger partial charge is 0.431 e. The van der Waals surface area contributed by atoms with Crippen LogP contribution in [0.2, 0.25) is 0 Å². The van der Waals surface area contributed by atoms with E-state index in [-0.39, 0.29) is 15.8 Å². The van der Waals surface area contributed by atoms with E-state index in [0.29, 0.717) is 6.61 Å².